The second-order valence-electron chi connectivity index (χ2n) is 4.87. The van der Waals surface area contributed by atoms with E-state index in [0.717, 1.165) is 15.9 Å². The number of imidazole rings is 2. The summed E-state index contributed by atoms with van der Waals surface area (Å²) in [5.74, 6) is 0.0587. The van der Waals surface area contributed by atoms with Gasteiger partial charge in [-0.05, 0) is 28.1 Å². The average molecular weight is 373 g/mol. The molecule has 4 rings (SSSR count). The Hall–Kier alpha value is -2.61. The number of pyridine rings is 1. The minimum atomic E-state index is -0.404. The van der Waals surface area contributed by atoms with Gasteiger partial charge in [-0.25, -0.2) is 19.3 Å². The van der Waals surface area contributed by atoms with Crippen molar-refractivity contribution in [1.29, 1.82) is 0 Å². The van der Waals surface area contributed by atoms with Crippen molar-refractivity contribution in [2.75, 3.05) is 0 Å². The van der Waals surface area contributed by atoms with Crippen LogP contribution in [-0.2, 0) is 6.54 Å². The molecule has 0 radical (unpaired) electrons. The molecular formula is C15H10BrFN6. The lowest BCUT2D eigenvalue weighted by molar-refractivity contribution is 0.621. The molecule has 0 saturated carbocycles. The van der Waals surface area contributed by atoms with Gasteiger partial charge in [0.1, 0.15) is 10.3 Å². The van der Waals surface area contributed by atoms with Crippen LogP contribution in [0.5, 0.6) is 0 Å². The van der Waals surface area contributed by atoms with E-state index in [4.69, 9.17) is 0 Å². The molecule has 0 fully saturated rings. The minimum absolute atomic E-state index is 0.221. The molecule has 0 atom stereocenters. The third-order valence-electron chi connectivity index (χ3n) is 3.44. The van der Waals surface area contributed by atoms with Crippen molar-refractivity contribution in [1.82, 2.24) is 28.9 Å². The Kier molecular flexibility index (Phi) is 3.38. The maximum Gasteiger partial charge on any atom is 0.162 e. The van der Waals surface area contributed by atoms with Crippen LogP contribution >= 0.6 is 15.9 Å². The highest BCUT2D eigenvalue weighted by Gasteiger charge is 2.15. The second-order valence-corrected chi connectivity index (χ2v) is 5.62. The van der Waals surface area contributed by atoms with Crippen LogP contribution < -0.4 is 0 Å². The molecule has 6 nitrogen and oxygen atoms in total. The Balaban J connectivity index is 1.77. The average Bonchev–Trinajstić information content (AvgIpc) is 3.14. The van der Waals surface area contributed by atoms with Crippen molar-refractivity contribution in [2.45, 2.75) is 6.54 Å². The number of hydrogen-bond donors (Lipinski definition) is 0. The summed E-state index contributed by atoms with van der Waals surface area (Å²) < 4.78 is 18.5. The number of nitrogens with zero attached hydrogens (tertiary/aromatic N) is 6. The van der Waals surface area contributed by atoms with E-state index in [1.807, 2.05) is 15.2 Å². The molecule has 0 aliphatic rings. The number of halogens is 2. The van der Waals surface area contributed by atoms with Gasteiger partial charge < -0.3 is 4.57 Å². The molecule has 0 spiro atoms. The first-order valence-corrected chi connectivity index (χ1v) is 7.62. The Morgan fingerprint density at radius 2 is 2.04 bits per heavy atom. The maximum absolute atomic E-state index is 14.0. The van der Waals surface area contributed by atoms with Crippen LogP contribution in [0.4, 0.5) is 4.39 Å². The van der Waals surface area contributed by atoms with Crippen molar-refractivity contribution < 1.29 is 4.39 Å². The number of hydrogen-bond acceptors (Lipinski definition) is 4. The van der Waals surface area contributed by atoms with Gasteiger partial charge >= 0.3 is 0 Å². The summed E-state index contributed by atoms with van der Waals surface area (Å²) in [6.07, 6.45) is 10.1. The fraction of sp³-hybridized carbons (Fsp3) is 0.0667. The van der Waals surface area contributed by atoms with Gasteiger partial charge in [-0.2, -0.15) is 0 Å². The zero-order valence-corrected chi connectivity index (χ0v) is 13.4. The van der Waals surface area contributed by atoms with E-state index in [1.54, 1.807) is 37.1 Å². The van der Waals surface area contributed by atoms with E-state index in [-0.39, 0.29) is 5.69 Å². The van der Waals surface area contributed by atoms with Crippen LogP contribution in [0.2, 0.25) is 0 Å². The predicted molar refractivity (Wildman–Crippen MR) is 85.2 cm³/mol. The van der Waals surface area contributed by atoms with Crippen LogP contribution in [0.25, 0.3) is 17.2 Å². The first kappa shape index (κ1) is 14.0. The lowest BCUT2D eigenvalue weighted by Crippen LogP contribution is -2.04. The van der Waals surface area contributed by atoms with E-state index in [1.165, 1.54) is 6.07 Å². The molecule has 0 aliphatic carbocycles. The van der Waals surface area contributed by atoms with E-state index in [9.17, 15) is 4.39 Å². The van der Waals surface area contributed by atoms with Crippen molar-refractivity contribution in [3.63, 3.8) is 0 Å². The zero-order chi connectivity index (χ0) is 15.8. The molecule has 0 aliphatic heterocycles. The summed E-state index contributed by atoms with van der Waals surface area (Å²) in [5, 5.41) is 0. The second kappa shape index (κ2) is 5.54. The molecule has 0 aromatic carbocycles. The van der Waals surface area contributed by atoms with Gasteiger partial charge in [-0.1, -0.05) is 0 Å². The van der Waals surface area contributed by atoms with Gasteiger partial charge in [0, 0.05) is 31.0 Å². The van der Waals surface area contributed by atoms with E-state index in [2.05, 4.69) is 35.9 Å². The number of fused-ring (bicyclic) bond motifs is 1. The molecule has 0 saturated heterocycles. The molecule has 8 heteroatoms. The van der Waals surface area contributed by atoms with Gasteiger partial charge in [-0.3, -0.25) is 9.38 Å². The molecule has 0 amide bonds. The fourth-order valence-electron chi connectivity index (χ4n) is 2.39. The molecule has 114 valence electrons. The Bertz CT molecular complexity index is 992. The van der Waals surface area contributed by atoms with Gasteiger partial charge in [0.05, 0.1) is 18.4 Å². The van der Waals surface area contributed by atoms with Gasteiger partial charge in [-0.15, -0.1) is 0 Å². The van der Waals surface area contributed by atoms with Crippen molar-refractivity contribution in [2.24, 2.45) is 0 Å². The largest absolute Gasteiger partial charge is 0.323 e. The zero-order valence-electron chi connectivity index (χ0n) is 11.8. The smallest absolute Gasteiger partial charge is 0.162 e. The number of rotatable bonds is 3. The van der Waals surface area contributed by atoms with E-state index < -0.39 is 5.82 Å². The molecule has 0 bridgehead atoms. The summed E-state index contributed by atoms with van der Waals surface area (Å²) in [6, 6.07) is 2.92. The normalized spacial score (nSPS) is 11.2. The first-order chi connectivity index (χ1) is 11.2. The van der Waals surface area contributed by atoms with Crippen molar-refractivity contribution >= 4 is 21.6 Å². The fourth-order valence-corrected chi connectivity index (χ4v) is 2.91. The molecule has 4 aromatic heterocycles. The topological polar surface area (TPSA) is 60.9 Å². The van der Waals surface area contributed by atoms with Gasteiger partial charge in [0.2, 0.25) is 0 Å². The summed E-state index contributed by atoms with van der Waals surface area (Å²) >= 11 is 3.54. The van der Waals surface area contributed by atoms with E-state index in [0.29, 0.717) is 12.4 Å². The molecule has 4 heterocycles. The monoisotopic (exact) mass is 372 g/mol. The van der Waals surface area contributed by atoms with Crippen molar-refractivity contribution in [3.8, 4) is 11.5 Å². The number of aromatic nitrogens is 6. The third kappa shape index (κ3) is 2.40. The Morgan fingerprint density at radius 3 is 2.87 bits per heavy atom. The summed E-state index contributed by atoms with van der Waals surface area (Å²) in [4.78, 5) is 16.9. The van der Waals surface area contributed by atoms with Crippen LogP contribution in [0.3, 0.4) is 0 Å². The highest BCUT2D eigenvalue weighted by Crippen LogP contribution is 2.23. The standard InChI is InChI=1S/C15H10BrFN6/c16-14-11(21-12-8-18-4-7-23(12)14)9-22-6-5-20-15(22)13-10(17)2-1-3-19-13/h1-8H,9H2. The lowest BCUT2D eigenvalue weighted by Gasteiger charge is -2.06. The van der Waals surface area contributed by atoms with Crippen LogP contribution in [0, 0.1) is 5.82 Å². The predicted octanol–water partition coefficient (Wildman–Crippen LogP) is 2.94. The maximum atomic E-state index is 14.0. The summed E-state index contributed by atoms with van der Waals surface area (Å²) in [5.41, 5.74) is 1.76. The highest BCUT2D eigenvalue weighted by atomic mass is 79.9. The molecule has 23 heavy (non-hydrogen) atoms. The Morgan fingerprint density at radius 1 is 1.13 bits per heavy atom. The lowest BCUT2D eigenvalue weighted by atomic mass is 10.3. The highest BCUT2D eigenvalue weighted by molar-refractivity contribution is 9.10. The van der Waals surface area contributed by atoms with Crippen LogP contribution in [0.15, 0.2) is 53.9 Å². The summed E-state index contributed by atoms with van der Waals surface area (Å²) in [6.45, 7) is 0.438. The van der Waals surface area contributed by atoms with Crippen LogP contribution in [0.1, 0.15) is 5.69 Å². The first-order valence-electron chi connectivity index (χ1n) is 6.82. The SMILES string of the molecule is Fc1cccnc1-c1nccn1Cc1nc2cnccn2c1Br. The molecule has 0 N–H and O–H groups in total. The Labute approximate surface area is 138 Å². The van der Waals surface area contributed by atoms with E-state index >= 15 is 0 Å². The molecule has 0 unspecified atom stereocenters. The van der Waals surface area contributed by atoms with Gasteiger partial charge in [0.15, 0.2) is 17.3 Å². The minimum Gasteiger partial charge on any atom is -0.323 e. The van der Waals surface area contributed by atoms with Crippen LogP contribution in [-0.4, -0.2) is 28.9 Å². The molecule has 4 aromatic rings. The molecular weight excluding hydrogens is 363 g/mol. The third-order valence-corrected chi connectivity index (χ3v) is 4.28. The quantitative estimate of drug-likeness (QED) is 0.554. The summed E-state index contributed by atoms with van der Waals surface area (Å²) in [7, 11) is 0. The van der Waals surface area contributed by atoms with Gasteiger partial charge in [0.25, 0.3) is 0 Å². The van der Waals surface area contributed by atoms with Crippen molar-refractivity contribution in [3.05, 3.63) is 65.4 Å².